The molecule has 1 aromatic carbocycles. The molecule has 4 heteroatoms. The quantitative estimate of drug-likeness (QED) is 0.840. The zero-order chi connectivity index (χ0) is 12.5. The third-order valence-corrected chi connectivity index (χ3v) is 3.50. The SMILES string of the molecule is Cc1cccc(-n2ccnc2C2NCCC2N)c1. The zero-order valence-electron chi connectivity index (χ0n) is 10.5. The summed E-state index contributed by atoms with van der Waals surface area (Å²) >= 11 is 0. The van der Waals surface area contributed by atoms with Crippen molar-refractivity contribution in [3.05, 3.63) is 48.0 Å². The molecule has 1 fully saturated rings. The Labute approximate surface area is 107 Å². The van der Waals surface area contributed by atoms with Crippen LogP contribution in [0, 0.1) is 6.92 Å². The van der Waals surface area contributed by atoms with E-state index < -0.39 is 0 Å². The topological polar surface area (TPSA) is 55.9 Å². The molecule has 3 N–H and O–H groups in total. The van der Waals surface area contributed by atoms with E-state index in [0.717, 1.165) is 24.5 Å². The number of nitrogens with two attached hydrogens (primary N) is 1. The molecule has 0 amide bonds. The molecular formula is C14H18N4. The highest BCUT2D eigenvalue weighted by molar-refractivity contribution is 5.37. The standard InChI is InChI=1S/C14H18N4/c1-10-3-2-4-11(9-10)18-8-7-17-14(18)13-12(15)5-6-16-13/h2-4,7-9,12-13,16H,5-6,15H2,1H3. The number of nitrogens with zero attached hydrogens (tertiary/aromatic N) is 2. The maximum absolute atomic E-state index is 6.13. The lowest BCUT2D eigenvalue weighted by Crippen LogP contribution is -2.30. The molecule has 0 saturated carbocycles. The van der Waals surface area contributed by atoms with E-state index in [9.17, 15) is 0 Å². The smallest absolute Gasteiger partial charge is 0.132 e. The maximum atomic E-state index is 6.13. The van der Waals surface area contributed by atoms with Gasteiger partial charge in [0.2, 0.25) is 0 Å². The van der Waals surface area contributed by atoms with Crippen molar-refractivity contribution in [1.29, 1.82) is 0 Å². The Kier molecular flexibility index (Phi) is 2.89. The number of imidazole rings is 1. The lowest BCUT2D eigenvalue weighted by atomic mass is 10.1. The predicted octanol–water partition coefficient (Wildman–Crippen LogP) is 1.54. The van der Waals surface area contributed by atoms with Crippen molar-refractivity contribution in [2.45, 2.75) is 25.4 Å². The molecule has 2 aromatic rings. The fraction of sp³-hybridized carbons (Fsp3) is 0.357. The van der Waals surface area contributed by atoms with Gasteiger partial charge in [-0.2, -0.15) is 0 Å². The predicted molar refractivity (Wildman–Crippen MR) is 71.6 cm³/mol. The summed E-state index contributed by atoms with van der Waals surface area (Å²) in [6.07, 6.45) is 4.84. The highest BCUT2D eigenvalue weighted by atomic mass is 15.1. The molecule has 18 heavy (non-hydrogen) atoms. The molecular weight excluding hydrogens is 224 g/mol. The van der Waals surface area contributed by atoms with Crippen LogP contribution in [0.5, 0.6) is 0 Å². The van der Waals surface area contributed by atoms with E-state index in [2.05, 4.69) is 46.1 Å². The van der Waals surface area contributed by atoms with Crippen LogP contribution in [0.4, 0.5) is 0 Å². The van der Waals surface area contributed by atoms with Crippen molar-refractivity contribution in [3.8, 4) is 5.69 Å². The Morgan fingerprint density at radius 2 is 2.33 bits per heavy atom. The van der Waals surface area contributed by atoms with E-state index in [1.807, 2.05) is 12.4 Å². The molecule has 0 aliphatic carbocycles. The fourth-order valence-corrected chi connectivity index (χ4v) is 2.55. The van der Waals surface area contributed by atoms with E-state index in [4.69, 9.17) is 5.73 Å². The highest BCUT2D eigenvalue weighted by Crippen LogP contribution is 2.23. The number of aromatic nitrogens is 2. The first-order valence-corrected chi connectivity index (χ1v) is 6.35. The molecule has 0 bridgehead atoms. The number of aryl methyl sites for hydroxylation is 1. The molecule has 1 aromatic heterocycles. The van der Waals surface area contributed by atoms with E-state index in [-0.39, 0.29) is 12.1 Å². The molecule has 1 aliphatic rings. The van der Waals surface area contributed by atoms with Crippen LogP contribution in [-0.2, 0) is 0 Å². The van der Waals surface area contributed by atoms with Crippen LogP contribution >= 0.6 is 0 Å². The number of hydrogen-bond acceptors (Lipinski definition) is 3. The Bertz CT molecular complexity index is 546. The average Bonchev–Trinajstić information content (AvgIpc) is 2.96. The summed E-state index contributed by atoms with van der Waals surface area (Å²) in [7, 11) is 0. The summed E-state index contributed by atoms with van der Waals surface area (Å²) in [6, 6.07) is 8.72. The van der Waals surface area contributed by atoms with Gasteiger partial charge in [0, 0.05) is 24.1 Å². The first-order chi connectivity index (χ1) is 8.75. The fourth-order valence-electron chi connectivity index (χ4n) is 2.55. The van der Waals surface area contributed by atoms with Crippen molar-refractivity contribution >= 4 is 0 Å². The number of benzene rings is 1. The summed E-state index contributed by atoms with van der Waals surface area (Å²) in [5.41, 5.74) is 8.52. The van der Waals surface area contributed by atoms with Gasteiger partial charge in [0.25, 0.3) is 0 Å². The van der Waals surface area contributed by atoms with Gasteiger partial charge in [0.1, 0.15) is 5.82 Å². The average molecular weight is 242 g/mol. The minimum absolute atomic E-state index is 0.149. The molecule has 4 nitrogen and oxygen atoms in total. The Balaban J connectivity index is 2.01. The number of rotatable bonds is 2. The van der Waals surface area contributed by atoms with Gasteiger partial charge in [-0.05, 0) is 37.6 Å². The Morgan fingerprint density at radius 1 is 1.44 bits per heavy atom. The van der Waals surface area contributed by atoms with Crippen LogP contribution in [-0.4, -0.2) is 22.1 Å². The number of nitrogens with one attached hydrogen (secondary N) is 1. The van der Waals surface area contributed by atoms with Gasteiger partial charge < -0.3 is 15.6 Å². The van der Waals surface area contributed by atoms with Gasteiger partial charge >= 0.3 is 0 Å². The minimum Gasteiger partial charge on any atom is -0.326 e. The summed E-state index contributed by atoms with van der Waals surface area (Å²) < 4.78 is 2.12. The van der Waals surface area contributed by atoms with Crippen LogP contribution in [0.3, 0.4) is 0 Å². The van der Waals surface area contributed by atoms with Gasteiger partial charge in [-0.3, -0.25) is 0 Å². The summed E-state index contributed by atoms with van der Waals surface area (Å²) in [5.74, 6) is 1.01. The normalized spacial score (nSPS) is 23.4. The van der Waals surface area contributed by atoms with E-state index in [0.29, 0.717) is 0 Å². The molecule has 0 spiro atoms. The zero-order valence-corrected chi connectivity index (χ0v) is 10.5. The second-order valence-electron chi connectivity index (χ2n) is 4.88. The lowest BCUT2D eigenvalue weighted by molar-refractivity contribution is 0.533. The minimum atomic E-state index is 0.149. The molecule has 94 valence electrons. The molecule has 2 atom stereocenters. The van der Waals surface area contributed by atoms with E-state index in [1.165, 1.54) is 5.56 Å². The lowest BCUT2D eigenvalue weighted by Gasteiger charge is -2.17. The highest BCUT2D eigenvalue weighted by Gasteiger charge is 2.28. The van der Waals surface area contributed by atoms with Gasteiger partial charge in [-0.1, -0.05) is 12.1 Å². The van der Waals surface area contributed by atoms with Gasteiger partial charge in [0.15, 0.2) is 0 Å². The largest absolute Gasteiger partial charge is 0.326 e. The Hall–Kier alpha value is -1.65. The van der Waals surface area contributed by atoms with Crippen LogP contribution in [0.25, 0.3) is 5.69 Å². The molecule has 1 saturated heterocycles. The Morgan fingerprint density at radius 3 is 3.06 bits per heavy atom. The molecule has 3 rings (SSSR count). The second kappa shape index (κ2) is 4.55. The van der Waals surface area contributed by atoms with E-state index in [1.54, 1.807) is 0 Å². The first-order valence-electron chi connectivity index (χ1n) is 6.35. The van der Waals surface area contributed by atoms with Gasteiger partial charge in [-0.25, -0.2) is 4.98 Å². The molecule has 2 unspecified atom stereocenters. The first kappa shape index (κ1) is 11.4. The molecule has 1 aliphatic heterocycles. The van der Waals surface area contributed by atoms with Gasteiger partial charge in [0.05, 0.1) is 6.04 Å². The summed E-state index contributed by atoms with van der Waals surface area (Å²) in [5, 5.41) is 3.43. The summed E-state index contributed by atoms with van der Waals surface area (Å²) in [4.78, 5) is 4.48. The van der Waals surface area contributed by atoms with Crippen molar-refractivity contribution in [2.24, 2.45) is 5.73 Å². The van der Waals surface area contributed by atoms with Gasteiger partial charge in [-0.15, -0.1) is 0 Å². The summed E-state index contributed by atoms with van der Waals surface area (Å²) in [6.45, 7) is 3.06. The van der Waals surface area contributed by atoms with Crippen molar-refractivity contribution in [3.63, 3.8) is 0 Å². The third-order valence-electron chi connectivity index (χ3n) is 3.50. The van der Waals surface area contributed by atoms with Crippen LogP contribution in [0.15, 0.2) is 36.7 Å². The molecule has 0 radical (unpaired) electrons. The molecule has 2 heterocycles. The van der Waals surface area contributed by atoms with Crippen LogP contribution < -0.4 is 11.1 Å². The second-order valence-corrected chi connectivity index (χ2v) is 4.88. The van der Waals surface area contributed by atoms with Crippen LogP contribution in [0.2, 0.25) is 0 Å². The monoisotopic (exact) mass is 242 g/mol. The van der Waals surface area contributed by atoms with E-state index >= 15 is 0 Å². The van der Waals surface area contributed by atoms with Crippen LogP contribution in [0.1, 0.15) is 23.9 Å². The van der Waals surface area contributed by atoms with Crippen molar-refractivity contribution in [2.75, 3.05) is 6.54 Å². The van der Waals surface area contributed by atoms with Crippen molar-refractivity contribution in [1.82, 2.24) is 14.9 Å². The maximum Gasteiger partial charge on any atom is 0.132 e. The van der Waals surface area contributed by atoms with Crippen molar-refractivity contribution < 1.29 is 0 Å². The number of hydrogen-bond donors (Lipinski definition) is 2. The third kappa shape index (κ3) is 1.94.